The number of nitrogens with zero attached hydrogens (tertiary/aromatic N) is 2. The van der Waals surface area contributed by atoms with Crippen molar-refractivity contribution >= 4 is 19.9 Å². The molecular weight excluding hydrogens is 280 g/mol. The number of sulfonamides is 1. The third-order valence-corrected chi connectivity index (χ3v) is 6.32. The Bertz CT molecular complexity index is 620. The predicted octanol–water partition coefficient (Wildman–Crippen LogP) is -1.71. The molecule has 0 radical (unpaired) electrons. The number of nitrogens with two attached hydrogens (primary N) is 1. The molecule has 18 heavy (non-hydrogen) atoms. The van der Waals surface area contributed by atoms with Crippen LogP contribution in [0.5, 0.6) is 0 Å². The van der Waals surface area contributed by atoms with Crippen molar-refractivity contribution in [3.63, 3.8) is 0 Å². The van der Waals surface area contributed by atoms with Crippen LogP contribution < -0.4 is 5.73 Å². The molecule has 2 rings (SSSR count). The lowest BCUT2D eigenvalue weighted by Gasteiger charge is -2.25. The molecule has 1 aromatic heterocycles. The Morgan fingerprint density at radius 2 is 2.00 bits per heavy atom. The van der Waals surface area contributed by atoms with Gasteiger partial charge in [0.1, 0.15) is 0 Å². The van der Waals surface area contributed by atoms with Gasteiger partial charge >= 0.3 is 0 Å². The maximum Gasteiger partial charge on any atom is 0.260 e. The second-order valence-electron chi connectivity index (χ2n) is 3.98. The van der Waals surface area contributed by atoms with E-state index < -0.39 is 19.9 Å². The molecule has 0 aliphatic carbocycles. The minimum absolute atomic E-state index is 0.0340. The third kappa shape index (κ3) is 2.41. The van der Waals surface area contributed by atoms with E-state index in [4.69, 9.17) is 5.73 Å². The summed E-state index contributed by atoms with van der Waals surface area (Å²) in [6.07, 6.45) is 1.35. The summed E-state index contributed by atoms with van der Waals surface area (Å²) in [4.78, 5) is 0. The Hall–Kier alpha value is -0.970. The monoisotopic (exact) mass is 294 g/mol. The van der Waals surface area contributed by atoms with Gasteiger partial charge in [0.15, 0.2) is 14.9 Å². The van der Waals surface area contributed by atoms with Crippen molar-refractivity contribution in [2.75, 3.05) is 24.6 Å². The van der Waals surface area contributed by atoms with Gasteiger partial charge < -0.3 is 5.73 Å². The molecule has 1 aliphatic rings. The zero-order valence-corrected chi connectivity index (χ0v) is 11.2. The van der Waals surface area contributed by atoms with Crippen LogP contribution in [-0.4, -0.2) is 55.9 Å². The molecule has 0 saturated carbocycles. The van der Waals surface area contributed by atoms with Crippen LogP contribution in [0.1, 0.15) is 5.56 Å². The van der Waals surface area contributed by atoms with Gasteiger partial charge in [-0.1, -0.05) is 0 Å². The largest absolute Gasteiger partial charge is 0.326 e. The molecule has 1 fully saturated rings. The van der Waals surface area contributed by atoms with Crippen LogP contribution in [0, 0.1) is 0 Å². The van der Waals surface area contributed by atoms with E-state index in [1.54, 1.807) is 0 Å². The Balaban J connectivity index is 2.28. The molecule has 3 N–H and O–H groups in total. The quantitative estimate of drug-likeness (QED) is 0.683. The van der Waals surface area contributed by atoms with Gasteiger partial charge in [0.2, 0.25) is 0 Å². The van der Waals surface area contributed by atoms with Crippen molar-refractivity contribution in [1.82, 2.24) is 14.5 Å². The predicted molar refractivity (Wildman–Crippen MR) is 63.9 cm³/mol. The second-order valence-corrected chi connectivity index (χ2v) is 8.16. The highest BCUT2D eigenvalue weighted by atomic mass is 32.2. The fourth-order valence-electron chi connectivity index (χ4n) is 1.73. The van der Waals surface area contributed by atoms with E-state index in [1.807, 2.05) is 0 Å². The molecule has 1 saturated heterocycles. The van der Waals surface area contributed by atoms with Crippen LogP contribution in [0.15, 0.2) is 11.2 Å². The molecule has 0 unspecified atom stereocenters. The van der Waals surface area contributed by atoms with E-state index in [-0.39, 0.29) is 36.2 Å². The Morgan fingerprint density at radius 3 is 2.56 bits per heavy atom. The first-order valence-electron chi connectivity index (χ1n) is 5.30. The van der Waals surface area contributed by atoms with E-state index in [9.17, 15) is 16.8 Å². The molecule has 0 atom stereocenters. The van der Waals surface area contributed by atoms with Crippen molar-refractivity contribution in [3.8, 4) is 0 Å². The summed E-state index contributed by atoms with van der Waals surface area (Å²) < 4.78 is 48.2. The first kappa shape index (κ1) is 13.5. The van der Waals surface area contributed by atoms with Crippen molar-refractivity contribution in [1.29, 1.82) is 0 Å². The summed E-state index contributed by atoms with van der Waals surface area (Å²) in [5.74, 6) is -0.309. The summed E-state index contributed by atoms with van der Waals surface area (Å²) in [5.41, 5.74) is 5.82. The first-order chi connectivity index (χ1) is 8.37. The molecule has 0 spiro atoms. The lowest BCUT2D eigenvalue weighted by molar-refractivity contribution is 0.428. The first-order valence-corrected chi connectivity index (χ1v) is 8.56. The highest BCUT2D eigenvalue weighted by molar-refractivity contribution is 7.92. The molecule has 0 bridgehead atoms. The van der Waals surface area contributed by atoms with Crippen LogP contribution in [0.3, 0.4) is 0 Å². The lowest BCUT2D eigenvalue weighted by Crippen LogP contribution is -2.44. The lowest BCUT2D eigenvalue weighted by atomic mass is 10.4. The fraction of sp³-hybridized carbons (Fsp3) is 0.625. The van der Waals surface area contributed by atoms with Crippen LogP contribution in [0.25, 0.3) is 0 Å². The maximum atomic E-state index is 12.2. The molecule has 1 aliphatic heterocycles. The van der Waals surface area contributed by atoms with Gasteiger partial charge in [-0.25, -0.2) is 16.8 Å². The van der Waals surface area contributed by atoms with Gasteiger partial charge in [-0.05, 0) is 0 Å². The van der Waals surface area contributed by atoms with Crippen molar-refractivity contribution in [2.24, 2.45) is 5.73 Å². The van der Waals surface area contributed by atoms with Gasteiger partial charge in [-0.15, -0.1) is 0 Å². The highest BCUT2D eigenvalue weighted by Gasteiger charge is 2.33. The summed E-state index contributed by atoms with van der Waals surface area (Å²) in [6, 6.07) is 0. The maximum absolute atomic E-state index is 12.2. The Morgan fingerprint density at radius 1 is 1.39 bits per heavy atom. The standard InChI is InChI=1S/C8H14N4O4S2/c9-5-7-6-10-11-8(7)18(15,16)12-1-3-17(13,14)4-2-12/h6H,1-5,9H2,(H,10,11). The zero-order chi connectivity index (χ0) is 13.4. The van der Waals surface area contributed by atoms with Gasteiger partial charge in [0, 0.05) is 25.2 Å². The van der Waals surface area contributed by atoms with Gasteiger partial charge in [-0.3, -0.25) is 5.10 Å². The number of hydrogen-bond donors (Lipinski definition) is 2. The number of rotatable bonds is 3. The second kappa shape index (κ2) is 4.61. The summed E-state index contributed by atoms with van der Waals surface area (Å²) in [6.45, 7) is -0.0153. The number of aromatic nitrogens is 2. The smallest absolute Gasteiger partial charge is 0.260 e. The Kier molecular flexibility index (Phi) is 3.45. The van der Waals surface area contributed by atoms with Crippen LogP contribution >= 0.6 is 0 Å². The molecule has 1 aromatic rings. The van der Waals surface area contributed by atoms with E-state index in [0.717, 1.165) is 4.31 Å². The van der Waals surface area contributed by atoms with Gasteiger partial charge in [-0.2, -0.15) is 9.40 Å². The third-order valence-electron chi connectivity index (χ3n) is 2.80. The summed E-state index contributed by atoms with van der Waals surface area (Å²) in [7, 11) is -6.86. The topological polar surface area (TPSA) is 126 Å². The number of nitrogens with one attached hydrogen (secondary N) is 1. The van der Waals surface area contributed by atoms with E-state index in [2.05, 4.69) is 10.2 Å². The molecule has 8 nitrogen and oxygen atoms in total. The zero-order valence-electron chi connectivity index (χ0n) is 9.53. The minimum Gasteiger partial charge on any atom is -0.326 e. The number of hydrogen-bond acceptors (Lipinski definition) is 6. The van der Waals surface area contributed by atoms with E-state index >= 15 is 0 Å². The summed E-state index contributed by atoms with van der Waals surface area (Å²) >= 11 is 0. The van der Waals surface area contributed by atoms with Crippen LogP contribution in [0.2, 0.25) is 0 Å². The SMILES string of the molecule is NCc1cn[nH]c1S(=O)(=O)N1CCS(=O)(=O)CC1. The van der Waals surface area contributed by atoms with E-state index in [0.29, 0.717) is 5.56 Å². The molecular formula is C8H14N4O4S2. The fourth-order valence-corrected chi connectivity index (χ4v) is 4.72. The number of sulfone groups is 1. The molecule has 2 heterocycles. The number of aromatic amines is 1. The van der Waals surface area contributed by atoms with Crippen LogP contribution in [-0.2, 0) is 26.4 Å². The summed E-state index contributed by atoms with van der Waals surface area (Å²) in [5, 5.41) is 6.01. The van der Waals surface area contributed by atoms with Crippen molar-refractivity contribution in [2.45, 2.75) is 11.6 Å². The van der Waals surface area contributed by atoms with Crippen molar-refractivity contribution in [3.05, 3.63) is 11.8 Å². The van der Waals surface area contributed by atoms with Gasteiger partial charge in [0.25, 0.3) is 10.0 Å². The molecule has 102 valence electrons. The van der Waals surface area contributed by atoms with Gasteiger partial charge in [0.05, 0.1) is 17.7 Å². The Labute approximate surface area is 105 Å². The normalized spacial score (nSPS) is 20.9. The molecule has 0 amide bonds. The number of H-pyrrole nitrogens is 1. The van der Waals surface area contributed by atoms with Crippen LogP contribution in [0.4, 0.5) is 0 Å². The molecule has 10 heteroatoms. The van der Waals surface area contributed by atoms with E-state index in [1.165, 1.54) is 6.20 Å². The highest BCUT2D eigenvalue weighted by Crippen LogP contribution is 2.19. The van der Waals surface area contributed by atoms with Crippen molar-refractivity contribution < 1.29 is 16.8 Å². The average Bonchev–Trinajstić information content (AvgIpc) is 2.77. The molecule has 0 aromatic carbocycles. The average molecular weight is 294 g/mol. The minimum atomic E-state index is -3.74.